The molecule has 0 spiro atoms. The Labute approximate surface area is 203 Å². The standard InChI is InChI=1S/C26H21F4N3O3/c27-21-6-2-1-5-19(21)25(36)31-17-10-13-22(20(15-17)26(28,29)30)32-24(35)16-8-11-18(12-9-16)33-14-4-3-7-23(33)34/h1-2,5-6,8-13,15H,3-4,7,14H2,(H,31,36)(H,32,35). The fourth-order valence-corrected chi connectivity index (χ4v) is 3.88. The van der Waals surface area contributed by atoms with Crippen LogP contribution in [0.15, 0.2) is 66.7 Å². The molecule has 3 aromatic carbocycles. The summed E-state index contributed by atoms with van der Waals surface area (Å²) in [6.45, 7) is 0.569. The lowest BCUT2D eigenvalue weighted by Gasteiger charge is -2.26. The van der Waals surface area contributed by atoms with Crippen molar-refractivity contribution in [1.82, 2.24) is 0 Å². The van der Waals surface area contributed by atoms with Gasteiger partial charge in [-0.15, -0.1) is 0 Å². The van der Waals surface area contributed by atoms with Crippen molar-refractivity contribution in [1.29, 1.82) is 0 Å². The van der Waals surface area contributed by atoms with Crippen LogP contribution in [0, 0.1) is 5.82 Å². The molecule has 3 amide bonds. The van der Waals surface area contributed by atoms with Crippen molar-refractivity contribution >= 4 is 34.8 Å². The predicted octanol–water partition coefficient (Wildman–Crippen LogP) is 5.87. The maximum Gasteiger partial charge on any atom is 0.418 e. The van der Waals surface area contributed by atoms with Gasteiger partial charge < -0.3 is 15.5 Å². The fourth-order valence-electron chi connectivity index (χ4n) is 3.88. The number of rotatable bonds is 5. The number of hydrogen-bond donors (Lipinski definition) is 2. The Morgan fingerprint density at radius 3 is 2.25 bits per heavy atom. The normalized spacial score (nSPS) is 13.9. The summed E-state index contributed by atoms with van der Waals surface area (Å²) in [6.07, 6.45) is -2.72. The molecule has 6 nitrogen and oxygen atoms in total. The molecule has 3 aromatic rings. The highest BCUT2D eigenvalue weighted by molar-refractivity contribution is 6.06. The van der Waals surface area contributed by atoms with Gasteiger partial charge >= 0.3 is 6.18 Å². The molecule has 0 atom stereocenters. The molecular formula is C26H21F4N3O3. The maximum absolute atomic E-state index is 13.8. The molecule has 10 heteroatoms. The van der Waals surface area contributed by atoms with Crippen LogP contribution >= 0.6 is 0 Å². The molecule has 1 aliphatic heterocycles. The van der Waals surface area contributed by atoms with Crippen molar-refractivity contribution < 1.29 is 31.9 Å². The number of carbonyl (C=O) groups excluding carboxylic acids is 3. The zero-order valence-electron chi connectivity index (χ0n) is 18.9. The molecule has 186 valence electrons. The second kappa shape index (κ2) is 10.2. The zero-order chi connectivity index (χ0) is 25.9. The topological polar surface area (TPSA) is 78.5 Å². The molecule has 0 aliphatic carbocycles. The van der Waals surface area contributed by atoms with Gasteiger partial charge in [-0.25, -0.2) is 4.39 Å². The van der Waals surface area contributed by atoms with Crippen molar-refractivity contribution in [2.75, 3.05) is 22.1 Å². The van der Waals surface area contributed by atoms with Crippen molar-refractivity contribution in [3.8, 4) is 0 Å². The summed E-state index contributed by atoms with van der Waals surface area (Å²) in [4.78, 5) is 38.6. The largest absolute Gasteiger partial charge is 0.418 e. The van der Waals surface area contributed by atoms with Gasteiger partial charge in [0.25, 0.3) is 11.8 Å². The van der Waals surface area contributed by atoms with E-state index in [1.165, 1.54) is 36.4 Å². The SMILES string of the molecule is O=C(Nc1ccc(NC(=O)c2ccccc2F)cc1C(F)(F)F)c1ccc(N2CCCCC2=O)cc1. The molecule has 36 heavy (non-hydrogen) atoms. The molecule has 2 N–H and O–H groups in total. The molecule has 0 saturated carbocycles. The number of hydrogen-bond acceptors (Lipinski definition) is 3. The third kappa shape index (κ3) is 5.54. The molecule has 0 bridgehead atoms. The van der Waals surface area contributed by atoms with Gasteiger partial charge in [0.15, 0.2) is 0 Å². The number of carbonyl (C=O) groups is 3. The number of nitrogens with one attached hydrogen (secondary N) is 2. The van der Waals surface area contributed by atoms with Crippen molar-refractivity contribution in [2.24, 2.45) is 0 Å². The Hall–Kier alpha value is -4.21. The van der Waals surface area contributed by atoms with Gasteiger partial charge in [0.05, 0.1) is 16.8 Å². The van der Waals surface area contributed by atoms with E-state index >= 15 is 0 Å². The van der Waals surface area contributed by atoms with E-state index in [0.717, 1.165) is 25.0 Å². The van der Waals surface area contributed by atoms with Crippen LogP contribution in [0.2, 0.25) is 0 Å². The minimum absolute atomic E-state index is 0.0181. The molecule has 1 fully saturated rings. The van der Waals surface area contributed by atoms with Crippen LogP contribution in [0.5, 0.6) is 0 Å². The summed E-state index contributed by atoms with van der Waals surface area (Å²) in [7, 11) is 0. The van der Waals surface area contributed by atoms with Crippen LogP contribution in [0.1, 0.15) is 45.5 Å². The van der Waals surface area contributed by atoms with Gasteiger partial charge in [-0.05, 0) is 67.4 Å². The molecule has 1 aliphatic rings. The van der Waals surface area contributed by atoms with Gasteiger partial charge in [0.2, 0.25) is 5.91 Å². The second-order valence-electron chi connectivity index (χ2n) is 8.20. The first-order valence-electron chi connectivity index (χ1n) is 11.1. The number of halogens is 4. The molecule has 1 saturated heterocycles. The third-order valence-corrected chi connectivity index (χ3v) is 5.71. The summed E-state index contributed by atoms with van der Waals surface area (Å²) in [6, 6.07) is 13.9. The monoisotopic (exact) mass is 499 g/mol. The summed E-state index contributed by atoms with van der Waals surface area (Å²) < 4.78 is 55.0. The molecule has 4 rings (SSSR count). The van der Waals surface area contributed by atoms with Crippen LogP contribution in [-0.4, -0.2) is 24.3 Å². The lowest BCUT2D eigenvalue weighted by molar-refractivity contribution is -0.136. The van der Waals surface area contributed by atoms with Crippen LogP contribution < -0.4 is 15.5 Å². The lowest BCUT2D eigenvalue weighted by Crippen LogP contribution is -2.35. The molecule has 1 heterocycles. The van der Waals surface area contributed by atoms with Crippen LogP contribution in [-0.2, 0) is 11.0 Å². The number of alkyl halides is 3. The quantitative estimate of drug-likeness (QED) is 0.432. The molecule has 0 aromatic heterocycles. The van der Waals surface area contributed by atoms with E-state index in [1.54, 1.807) is 17.0 Å². The predicted molar refractivity (Wildman–Crippen MR) is 126 cm³/mol. The summed E-state index contributed by atoms with van der Waals surface area (Å²) in [5.41, 5.74) is -1.51. The number of piperidine rings is 1. The minimum atomic E-state index is -4.85. The molecule has 0 unspecified atom stereocenters. The Kier molecular flexibility index (Phi) is 7.05. The van der Waals surface area contributed by atoms with E-state index in [9.17, 15) is 31.9 Å². The number of benzene rings is 3. The Morgan fingerprint density at radius 2 is 1.58 bits per heavy atom. The van der Waals surface area contributed by atoms with Gasteiger partial charge in [0.1, 0.15) is 5.82 Å². The molecule has 0 radical (unpaired) electrons. The first kappa shape index (κ1) is 24.9. The van der Waals surface area contributed by atoms with Gasteiger partial charge in [-0.3, -0.25) is 14.4 Å². The highest BCUT2D eigenvalue weighted by Gasteiger charge is 2.34. The number of anilines is 3. The maximum atomic E-state index is 13.8. The zero-order valence-corrected chi connectivity index (χ0v) is 18.9. The van der Waals surface area contributed by atoms with Gasteiger partial charge in [0, 0.05) is 29.9 Å². The van der Waals surface area contributed by atoms with E-state index in [2.05, 4.69) is 10.6 Å². The van der Waals surface area contributed by atoms with Crippen LogP contribution in [0.25, 0.3) is 0 Å². The number of amides is 3. The molecular weight excluding hydrogens is 478 g/mol. The summed E-state index contributed by atoms with van der Waals surface area (Å²) in [5, 5.41) is 4.49. The van der Waals surface area contributed by atoms with Crippen LogP contribution in [0.3, 0.4) is 0 Å². The fraction of sp³-hybridized carbons (Fsp3) is 0.192. The van der Waals surface area contributed by atoms with E-state index in [0.29, 0.717) is 24.7 Å². The highest BCUT2D eigenvalue weighted by atomic mass is 19.4. The lowest BCUT2D eigenvalue weighted by atomic mass is 10.1. The third-order valence-electron chi connectivity index (χ3n) is 5.71. The van der Waals surface area contributed by atoms with Gasteiger partial charge in [-0.1, -0.05) is 12.1 Å². The summed E-state index contributed by atoms with van der Waals surface area (Å²) in [5.74, 6) is -2.52. The van der Waals surface area contributed by atoms with E-state index in [1.807, 2.05) is 0 Å². The van der Waals surface area contributed by atoms with Crippen LogP contribution in [0.4, 0.5) is 34.6 Å². The van der Waals surface area contributed by atoms with E-state index in [4.69, 9.17) is 0 Å². The Balaban J connectivity index is 1.52. The van der Waals surface area contributed by atoms with Crippen molar-refractivity contribution in [3.63, 3.8) is 0 Å². The average molecular weight is 499 g/mol. The van der Waals surface area contributed by atoms with Crippen molar-refractivity contribution in [2.45, 2.75) is 25.4 Å². The first-order chi connectivity index (χ1) is 17.1. The van der Waals surface area contributed by atoms with E-state index in [-0.39, 0.29) is 22.7 Å². The summed E-state index contributed by atoms with van der Waals surface area (Å²) >= 11 is 0. The average Bonchev–Trinajstić information content (AvgIpc) is 2.85. The smallest absolute Gasteiger partial charge is 0.322 e. The van der Waals surface area contributed by atoms with E-state index < -0.39 is 35.1 Å². The Bertz CT molecular complexity index is 1310. The minimum Gasteiger partial charge on any atom is -0.322 e. The first-order valence-corrected chi connectivity index (χ1v) is 11.1. The highest BCUT2D eigenvalue weighted by Crippen LogP contribution is 2.37. The second-order valence-corrected chi connectivity index (χ2v) is 8.20. The van der Waals surface area contributed by atoms with Crippen molar-refractivity contribution in [3.05, 3.63) is 89.2 Å². The number of nitrogens with zero attached hydrogens (tertiary/aromatic N) is 1. The Morgan fingerprint density at radius 1 is 0.861 bits per heavy atom. The van der Waals surface area contributed by atoms with Gasteiger partial charge in [-0.2, -0.15) is 13.2 Å².